The van der Waals surface area contributed by atoms with Gasteiger partial charge in [-0.2, -0.15) is 0 Å². The summed E-state index contributed by atoms with van der Waals surface area (Å²) in [6, 6.07) is 16.1. The zero-order valence-electron chi connectivity index (χ0n) is 16.0. The first-order chi connectivity index (χ1) is 14.1. The third kappa shape index (κ3) is 6.10. The first kappa shape index (κ1) is 19.9. The van der Waals surface area contributed by atoms with Crippen molar-refractivity contribution in [3.63, 3.8) is 0 Å². The molecule has 0 saturated heterocycles. The van der Waals surface area contributed by atoms with Crippen molar-refractivity contribution >= 4 is 29.7 Å². The van der Waals surface area contributed by atoms with Gasteiger partial charge in [-0.3, -0.25) is 9.59 Å². The molecule has 1 atom stereocenters. The molecule has 6 heteroatoms. The minimum Gasteiger partial charge on any atom is -0.465 e. The summed E-state index contributed by atoms with van der Waals surface area (Å²) in [5.41, 5.74) is 0.744. The molecule has 29 heavy (non-hydrogen) atoms. The van der Waals surface area contributed by atoms with Gasteiger partial charge in [-0.25, -0.2) is 0 Å². The summed E-state index contributed by atoms with van der Waals surface area (Å²) in [6.07, 6.45) is 9.16. The molecule has 1 unspecified atom stereocenters. The van der Waals surface area contributed by atoms with Gasteiger partial charge in [0.1, 0.15) is 11.5 Å². The van der Waals surface area contributed by atoms with Gasteiger partial charge in [0.15, 0.2) is 0 Å². The summed E-state index contributed by atoms with van der Waals surface area (Å²) in [7, 11) is 0. The van der Waals surface area contributed by atoms with E-state index in [1.54, 1.807) is 53.8 Å². The second-order valence-electron chi connectivity index (χ2n) is 6.39. The molecular weight excluding hydrogens is 368 g/mol. The molecule has 6 nitrogen and oxygen atoms in total. The maximum absolute atomic E-state index is 12.8. The zero-order valence-corrected chi connectivity index (χ0v) is 16.0. The van der Waals surface area contributed by atoms with Gasteiger partial charge >= 0.3 is 0 Å². The van der Waals surface area contributed by atoms with Crippen molar-refractivity contribution in [3.05, 3.63) is 90.8 Å². The topological polar surface area (TPSA) is 75.7 Å². The van der Waals surface area contributed by atoms with Crippen molar-refractivity contribution in [3.8, 4) is 0 Å². The van der Waals surface area contributed by atoms with Crippen molar-refractivity contribution in [1.29, 1.82) is 0 Å². The van der Waals surface area contributed by atoms with Crippen molar-refractivity contribution < 1.29 is 18.4 Å². The highest BCUT2D eigenvalue weighted by Gasteiger charge is 2.17. The van der Waals surface area contributed by atoms with Gasteiger partial charge in [0.2, 0.25) is 5.91 Å². The Morgan fingerprint density at radius 3 is 2.14 bits per heavy atom. The van der Waals surface area contributed by atoms with Crippen LogP contribution in [-0.4, -0.2) is 24.4 Å². The molecule has 0 bridgehead atoms. The van der Waals surface area contributed by atoms with E-state index in [-0.39, 0.29) is 17.9 Å². The molecule has 3 aromatic rings. The average molecular weight is 390 g/mol. The minimum absolute atomic E-state index is 0.208. The Kier molecular flexibility index (Phi) is 6.84. The van der Waals surface area contributed by atoms with E-state index in [4.69, 9.17) is 8.83 Å². The molecule has 1 N–H and O–H groups in total. The van der Waals surface area contributed by atoms with E-state index in [1.807, 2.05) is 37.3 Å². The number of hydrogen-bond acceptors (Lipinski definition) is 4. The number of amides is 2. The summed E-state index contributed by atoms with van der Waals surface area (Å²) in [5.74, 6) is 0.716. The number of hydrogen-bond donors (Lipinski definition) is 1. The molecular formula is C23H22N2O4. The molecule has 2 amide bonds. The fourth-order valence-electron chi connectivity index (χ4n) is 2.71. The van der Waals surface area contributed by atoms with E-state index in [2.05, 4.69) is 5.32 Å². The van der Waals surface area contributed by atoms with Crippen LogP contribution in [0.25, 0.3) is 12.2 Å². The Hall–Kier alpha value is -3.80. The highest BCUT2D eigenvalue weighted by Crippen LogP contribution is 2.15. The lowest BCUT2D eigenvalue weighted by molar-refractivity contribution is -0.117. The number of nitrogens with one attached hydrogen (secondary N) is 1. The third-order valence-electron chi connectivity index (χ3n) is 4.05. The molecule has 0 radical (unpaired) electrons. The number of anilines is 1. The van der Waals surface area contributed by atoms with Crippen LogP contribution in [0.2, 0.25) is 0 Å². The number of carbonyl (C=O) groups excluding carboxylic acids is 2. The van der Waals surface area contributed by atoms with Gasteiger partial charge in [0, 0.05) is 30.4 Å². The van der Waals surface area contributed by atoms with Crippen LogP contribution in [0.15, 0.2) is 88.1 Å². The first-order valence-electron chi connectivity index (χ1n) is 9.22. The van der Waals surface area contributed by atoms with Crippen molar-refractivity contribution in [2.45, 2.75) is 13.0 Å². The Labute approximate surface area is 169 Å². The fraction of sp³-hybridized carbons (Fsp3) is 0.130. The average Bonchev–Trinajstić information content (AvgIpc) is 3.43. The highest BCUT2D eigenvalue weighted by atomic mass is 16.3. The summed E-state index contributed by atoms with van der Waals surface area (Å²) < 4.78 is 10.4. The molecule has 2 heterocycles. The smallest absolute Gasteiger partial charge is 0.251 e. The van der Waals surface area contributed by atoms with Gasteiger partial charge in [0.05, 0.1) is 12.5 Å². The number of benzene rings is 1. The predicted octanol–water partition coefficient (Wildman–Crippen LogP) is 4.14. The lowest BCUT2D eigenvalue weighted by Gasteiger charge is -2.25. The molecule has 2 aromatic heterocycles. The van der Waals surface area contributed by atoms with Crippen LogP contribution in [-0.2, 0) is 9.59 Å². The van der Waals surface area contributed by atoms with E-state index in [9.17, 15) is 9.59 Å². The fourth-order valence-corrected chi connectivity index (χ4v) is 2.71. The van der Waals surface area contributed by atoms with Crippen LogP contribution in [0, 0.1) is 0 Å². The number of nitrogens with zero attached hydrogens (tertiary/aromatic N) is 1. The van der Waals surface area contributed by atoms with Crippen molar-refractivity contribution in [2.24, 2.45) is 0 Å². The summed E-state index contributed by atoms with van der Waals surface area (Å²) in [4.78, 5) is 26.6. The summed E-state index contributed by atoms with van der Waals surface area (Å²) in [5, 5.41) is 2.86. The maximum Gasteiger partial charge on any atom is 0.251 e. The van der Waals surface area contributed by atoms with E-state index in [1.165, 1.54) is 12.2 Å². The monoisotopic (exact) mass is 390 g/mol. The quantitative estimate of drug-likeness (QED) is 0.587. The Morgan fingerprint density at radius 2 is 1.55 bits per heavy atom. The van der Waals surface area contributed by atoms with E-state index in [0.29, 0.717) is 18.1 Å². The van der Waals surface area contributed by atoms with Crippen LogP contribution < -0.4 is 10.2 Å². The Morgan fingerprint density at radius 1 is 0.931 bits per heavy atom. The second kappa shape index (κ2) is 9.94. The summed E-state index contributed by atoms with van der Waals surface area (Å²) >= 11 is 0. The number of carbonyl (C=O) groups is 2. The first-order valence-corrected chi connectivity index (χ1v) is 9.22. The van der Waals surface area contributed by atoms with Gasteiger partial charge < -0.3 is 19.1 Å². The minimum atomic E-state index is -0.273. The highest BCUT2D eigenvalue weighted by molar-refractivity contribution is 6.03. The zero-order chi connectivity index (χ0) is 20.5. The third-order valence-corrected chi connectivity index (χ3v) is 4.05. The number of furan rings is 2. The summed E-state index contributed by atoms with van der Waals surface area (Å²) in [6.45, 7) is 2.16. The molecule has 0 fully saturated rings. The SMILES string of the molecule is CC(CN(C(=O)/C=C/c1ccco1)c1ccccc1)NC(=O)/C=C/c1ccco1. The maximum atomic E-state index is 12.8. The molecule has 0 aliphatic heterocycles. The van der Waals surface area contributed by atoms with E-state index < -0.39 is 0 Å². The number of rotatable bonds is 8. The second-order valence-corrected chi connectivity index (χ2v) is 6.39. The normalized spacial score (nSPS) is 12.3. The van der Waals surface area contributed by atoms with Crippen LogP contribution >= 0.6 is 0 Å². The number of para-hydroxylation sites is 1. The molecule has 3 rings (SSSR count). The van der Waals surface area contributed by atoms with E-state index in [0.717, 1.165) is 5.69 Å². The molecule has 0 spiro atoms. The van der Waals surface area contributed by atoms with Gasteiger partial charge in [-0.05, 0) is 55.5 Å². The standard InChI is InChI=1S/C23H22N2O4/c1-18(24-22(26)13-11-20-9-5-15-28-20)17-25(19-7-3-2-4-8-19)23(27)14-12-21-10-6-16-29-21/h2-16,18H,17H2,1H3,(H,24,26)/b13-11+,14-12+. The van der Waals surface area contributed by atoms with Gasteiger partial charge in [0.25, 0.3) is 5.91 Å². The molecule has 1 aromatic carbocycles. The van der Waals surface area contributed by atoms with Crippen LogP contribution in [0.5, 0.6) is 0 Å². The molecule has 148 valence electrons. The van der Waals surface area contributed by atoms with E-state index >= 15 is 0 Å². The van der Waals surface area contributed by atoms with Crippen LogP contribution in [0.3, 0.4) is 0 Å². The Bertz CT molecular complexity index is 958. The predicted molar refractivity (Wildman–Crippen MR) is 112 cm³/mol. The lowest BCUT2D eigenvalue weighted by atomic mass is 10.2. The van der Waals surface area contributed by atoms with Gasteiger partial charge in [-0.1, -0.05) is 18.2 Å². The Balaban J connectivity index is 1.66. The lowest BCUT2D eigenvalue weighted by Crippen LogP contribution is -2.43. The molecule has 0 aliphatic rings. The van der Waals surface area contributed by atoms with Gasteiger partial charge in [-0.15, -0.1) is 0 Å². The van der Waals surface area contributed by atoms with Crippen molar-refractivity contribution in [1.82, 2.24) is 5.32 Å². The van der Waals surface area contributed by atoms with Crippen molar-refractivity contribution in [2.75, 3.05) is 11.4 Å². The van der Waals surface area contributed by atoms with Crippen LogP contribution in [0.4, 0.5) is 5.69 Å². The van der Waals surface area contributed by atoms with Crippen LogP contribution in [0.1, 0.15) is 18.4 Å². The molecule has 0 aliphatic carbocycles. The largest absolute Gasteiger partial charge is 0.465 e. The molecule has 0 saturated carbocycles.